The third kappa shape index (κ3) is 4.93. The number of anilines is 3. The highest BCUT2D eigenvalue weighted by atomic mass is 35.5. The van der Waals surface area contributed by atoms with Crippen molar-refractivity contribution >= 4 is 51.2 Å². The molecule has 160 valence electrons. The molecule has 0 spiro atoms. The van der Waals surface area contributed by atoms with Gasteiger partial charge >= 0.3 is 6.03 Å². The fourth-order valence-corrected chi connectivity index (χ4v) is 3.27. The van der Waals surface area contributed by atoms with E-state index in [0.717, 1.165) is 4.90 Å². The molecule has 1 saturated heterocycles. The molecule has 3 rings (SSSR count). The zero-order valence-corrected chi connectivity index (χ0v) is 17.5. The Bertz CT molecular complexity index is 1090. The van der Waals surface area contributed by atoms with Crippen molar-refractivity contribution < 1.29 is 22.6 Å². The second-order valence-electron chi connectivity index (χ2n) is 6.81. The number of rotatable bonds is 7. The van der Waals surface area contributed by atoms with Crippen molar-refractivity contribution in [1.82, 2.24) is 25.2 Å². The van der Waals surface area contributed by atoms with Crippen LogP contribution in [-0.4, -0.2) is 63.4 Å². The monoisotopic (exact) mass is 455 g/mol. The Morgan fingerprint density at radius 3 is 2.33 bits per heavy atom. The van der Waals surface area contributed by atoms with E-state index in [-0.39, 0.29) is 41.1 Å². The molecule has 2 aromatic rings. The smallest absolute Gasteiger partial charge is 0.325 e. The molecule has 14 heteroatoms. The predicted octanol–water partition coefficient (Wildman–Crippen LogP) is 1.26. The molecule has 4 N–H and O–H groups in total. The summed E-state index contributed by atoms with van der Waals surface area (Å²) in [6.45, 7) is 3.51. The van der Waals surface area contributed by atoms with E-state index in [1.807, 2.05) is 0 Å². The van der Waals surface area contributed by atoms with Crippen molar-refractivity contribution in [1.29, 1.82) is 0 Å². The van der Waals surface area contributed by atoms with Gasteiger partial charge in [-0.05, 0) is 49.7 Å². The van der Waals surface area contributed by atoms with Gasteiger partial charge in [-0.25, -0.2) is 4.79 Å². The number of nitrogens with one attached hydrogen (secondary N) is 3. The van der Waals surface area contributed by atoms with E-state index in [4.69, 9.17) is 16.2 Å². The molecule has 0 aliphatic carbocycles. The van der Waals surface area contributed by atoms with Crippen molar-refractivity contribution in [3.8, 4) is 0 Å². The highest BCUT2D eigenvalue weighted by Crippen LogP contribution is 2.19. The number of hydrogen-bond acceptors (Lipinski definition) is 9. The maximum atomic E-state index is 12.2. The van der Waals surface area contributed by atoms with Gasteiger partial charge in [-0.1, -0.05) is 0 Å². The lowest BCUT2D eigenvalue weighted by atomic mass is 10.1. The minimum atomic E-state index is -4.30. The van der Waals surface area contributed by atoms with Gasteiger partial charge in [-0.15, -0.1) is 0 Å². The first-order valence-corrected chi connectivity index (χ1v) is 10.4. The van der Waals surface area contributed by atoms with Gasteiger partial charge in [0.2, 0.25) is 17.2 Å². The number of amides is 3. The maximum absolute atomic E-state index is 12.2. The summed E-state index contributed by atoms with van der Waals surface area (Å²) in [4.78, 5) is 36.9. The molecule has 2 heterocycles. The Morgan fingerprint density at radius 1 is 1.13 bits per heavy atom. The van der Waals surface area contributed by atoms with Gasteiger partial charge in [-0.2, -0.15) is 23.4 Å². The average molecular weight is 456 g/mol. The van der Waals surface area contributed by atoms with Crippen molar-refractivity contribution in [2.45, 2.75) is 24.3 Å². The van der Waals surface area contributed by atoms with E-state index >= 15 is 0 Å². The standard InChI is InChI=1S/C16H18ClN7O5S/c1-16(2)11(25)24(15(26)23-16)8-7-18-13-20-12(17)21-14(22-13)19-9-3-5-10(6-4-9)30(27,28)29/h3-6H,7-8H2,1-2H3,(H,23,26)(H,27,28,29)(H2,18,19,20,21,22). The molecule has 1 aliphatic heterocycles. The quantitative estimate of drug-likeness (QED) is 0.352. The Hall–Kier alpha value is -3.03. The average Bonchev–Trinajstić information content (AvgIpc) is 2.82. The van der Waals surface area contributed by atoms with Crippen LogP contribution in [0.4, 0.5) is 22.4 Å². The van der Waals surface area contributed by atoms with Crippen LogP contribution in [0, 0.1) is 0 Å². The number of hydrogen-bond donors (Lipinski definition) is 4. The van der Waals surface area contributed by atoms with E-state index in [2.05, 4.69) is 30.9 Å². The number of aromatic nitrogens is 3. The van der Waals surface area contributed by atoms with Crippen molar-refractivity contribution in [2.75, 3.05) is 23.7 Å². The molecule has 1 aromatic carbocycles. The van der Waals surface area contributed by atoms with Gasteiger partial charge in [0.1, 0.15) is 5.54 Å². The molecule has 0 saturated carbocycles. The van der Waals surface area contributed by atoms with E-state index < -0.39 is 21.7 Å². The van der Waals surface area contributed by atoms with Crippen LogP contribution >= 0.6 is 11.6 Å². The Balaban J connectivity index is 1.64. The minimum absolute atomic E-state index is 0.0771. The van der Waals surface area contributed by atoms with Gasteiger partial charge in [0, 0.05) is 18.8 Å². The number of halogens is 1. The third-order valence-electron chi connectivity index (χ3n) is 4.08. The molecule has 1 aliphatic rings. The summed E-state index contributed by atoms with van der Waals surface area (Å²) in [5.41, 5.74) is -0.507. The second kappa shape index (κ2) is 8.01. The number of benzene rings is 1. The highest BCUT2D eigenvalue weighted by molar-refractivity contribution is 7.85. The molecule has 0 bridgehead atoms. The topological polar surface area (TPSA) is 167 Å². The number of urea groups is 1. The molecule has 0 atom stereocenters. The SMILES string of the molecule is CC1(C)NC(=O)N(CCNc2nc(Cl)nc(Nc3ccc(S(=O)(=O)O)cc3)n2)C1=O. The lowest BCUT2D eigenvalue weighted by molar-refractivity contribution is -0.130. The zero-order valence-electron chi connectivity index (χ0n) is 15.9. The van der Waals surface area contributed by atoms with Crippen LogP contribution in [0.1, 0.15) is 13.8 Å². The van der Waals surface area contributed by atoms with Gasteiger partial charge in [-0.3, -0.25) is 14.2 Å². The fourth-order valence-electron chi connectivity index (χ4n) is 2.62. The highest BCUT2D eigenvalue weighted by Gasteiger charge is 2.43. The van der Waals surface area contributed by atoms with Crippen LogP contribution in [0.15, 0.2) is 29.2 Å². The lowest BCUT2D eigenvalue weighted by Crippen LogP contribution is -2.40. The minimum Gasteiger partial charge on any atom is -0.352 e. The van der Waals surface area contributed by atoms with E-state index in [1.54, 1.807) is 13.8 Å². The Labute approximate surface area is 176 Å². The third-order valence-corrected chi connectivity index (χ3v) is 5.12. The summed E-state index contributed by atoms with van der Waals surface area (Å²) in [7, 11) is -4.30. The Morgan fingerprint density at radius 2 is 1.77 bits per heavy atom. The predicted molar refractivity (Wildman–Crippen MR) is 107 cm³/mol. The Kier molecular flexibility index (Phi) is 5.78. The number of imide groups is 1. The molecular formula is C16H18ClN7O5S. The number of carbonyl (C=O) groups is 2. The molecule has 12 nitrogen and oxygen atoms in total. The second-order valence-corrected chi connectivity index (χ2v) is 8.57. The molecule has 3 amide bonds. The molecule has 0 radical (unpaired) electrons. The first-order valence-electron chi connectivity index (χ1n) is 8.60. The molecule has 1 aromatic heterocycles. The van der Waals surface area contributed by atoms with Crippen LogP contribution in [0.2, 0.25) is 5.28 Å². The van der Waals surface area contributed by atoms with Crippen molar-refractivity contribution in [2.24, 2.45) is 0 Å². The molecule has 1 fully saturated rings. The zero-order chi connectivity index (χ0) is 22.1. The lowest BCUT2D eigenvalue weighted by Gasteiger charge is -2.16. The van der Waals surface area contributed by atoms with Gasteiger partial charge in [0.15, 0.2) is 0 Å². The molecule has 30 heavy (non-hydrogen) atoms. The number of nitrogens with zero attached hydrogens (tertiary/aromatic N) is 4. The first kappa shape index (κ1) is 21.7. The largest absolute Gasteiger partial charge is 0.352 e. The van der Waals surface area contributed by atoms with Crippen LogP contribution in [-0.2, 0) is 14.9 Å². The van der Waals surface area contributed by atoms with Crippen molar-refractivity contribution in [3.63, 3.8) is 0 Å². The van der Waals surface area contributed by atoms with Crippen LogP contribution in [0.25, 0.3) is 0 Å². The summed E-state index contributed by atoms with van der Waals surface area (Å²) in [6.07, 6.45) is 0. The summed E-state index contributed by atoms with van der Waals surface area (Å²) in [5, 5.41) is 8.17. The van der Waals surface area contributed by atoms with E-state index in [9.17, 15) is 18.0 Å². The number of carbonyl (C=O) groups excluding carboxylic acids is 2. The summed E-state index contributed by atoms with van der Waals surface area (Å²) in [5.74, 6) is -0.148. The van der Waals surface area contributed by atoms with Gasteiger partial charge in [0.25, 0.3) is 16.0 Å². The normalized spacial score (nSPS) is 15.8. The van der Waals surface area contributed by atoms with E-state index in [0.29, 0.717) is 5.69 Å². The van der Waals surface area contributed by atoms with Crippen molar-refractivity contribution in [3.05, 3.63) is 29.5 Å². The first-order chi connectivity index (χ1) is 14.0. The van der Waals surface area contributed by atoms with Gasteiger partial charge < -0.3 is 16.0 Å². The molecule has 0 unspecified atom stereocenters. The maximum Gasteiger partial charge on any atom is 0.325 e. The summed E-state index contributed by atoms with van der Waals surface area (Å²) >= 11 is 5.91. The van der Waals surface area contributed by atoms with Crippen LogP contribution in [0.3, 0.4) is 0 Å². The van der Waals surface area contributed by atoms with Crippen LogP contribution in [0.5, 0.6) is 0 Å². The van der Waals surface area contributed by atoms with Gasteiger partial charge in [0.05, 0.1) is 4.90 Å². The fraction of sp³-hybridized carbons (Fsp3) is 0.312. The van der Waals surface area contributed by atoms with E-state index in [1.165, 1.54) is 24.3 Å². The molecular weight excluding hydrogens is 438 g/mol. The van der Waals surface area contributed by atoms with Crippen LogP contribution < -0.4 is 16.0 Å². The summed E-state index contributed by atoms with van der Waals surface area (Å²) in [6, 6.07) is 4.76. The summed E-state index contributed by atoms with van der Waals surface area (Å²) < 4.78 is 31.2.